The summed E-state index contributed by atoms with van der Waals surface area (Å²) in [6.45, 7) is 4.29. The lowest BCUT2D eigenvalue weighted by Crippen LogP contribution is -2.38. The zero-order valence-electron chi connectivity index (χ0n) is 16.7. The highest BCUT2D eigenvalue weighted by atomic mass is 32.2. The van der Waals surface area contributed by atoms with Gasteiger partial charge in [-0.1, -0.05) is 18.2 Å². The lowest BCUT2D eigenvalue weighted by Gasteiger charge is -2.20. The molecule has 2 fully saturated rings. The van der Waals surface area contributed by atoms with Gasteiger partial charge >= 0.3 is 6.03 Å². The monoisotopic (exact) mass is 414 g/mol. The number of carbonyl (C=O) groups is 1. The molecule has 2 amide bonds. The van der Waals surface area contributed by atoms with Crippen LogP contribution in [0.4, 0.5) is 14.9 Å². The molecule has 5 nitrogen and oxygen atoms in total. The van der Waals surface area contributed by atoms with Crippen molar-refractivity contribution in [3.8, 4) is 0 Å². The highest BCUT2D eigenvalue weighted by Crippen LogP contribution is 2.45. The molecule has 1 saturated carbocycles. The second-order valence-electron chi connectivity index (χ2n) is 7.87. The van der Waals surface area contributed by atoms with Gasteiger partial charge in [0.1, 0.15) is 5.82 Å². The van der Waals surface area contributed by atoms with E-state index >= 15 is 0 Å². The fraction of sp³-hybridized carbons (Fsp3) is 0.409. The number of nitrogens with one attached hydrogen (secondary N) is 2. The molecule has 2 aromatic carbocycles. The number of urea groups is 1. The van der Waals surface area contributed by atoms with Crippen LogP contribution >= 0.6 is 11.9 Å². The van der Waals surface area contributed by atoms with E-state index in [2.05, 4.69) is 33.0 Å². The van der Waals surface area contributed by atoms with Crippen molar-refractivity contribution in [2.45, 2.75) is 29.7 Å². The Labute approximate surface area is 175 Å². The third-order valence-electron chi connectivity index (χ3n) is 5.50. The van der Waals surface area contributed by atoms with Crippen molar-refractivity contribution < 1.29 is 9.18 Å². The van der Waals surface area contributed by atoms with E-state index in [1.54, 1.807) is 24.1 Å². The molecule has 7 heteroatoms. The molecule has 1 saturated heterocycles. The summed E-state index contributed by atoms with van der Waals surface area (Å²) in [4.78, 5) is 16.0. The Morgan fingerprint density at radius 3 is 2.62 bits per heavy atom. The van der Waals surface area contributed by atoms with Gasteiger partial charge in [-0.25, -0.2) is 13.5 Å². The second kappa shape index (κ2) is 8.73. The predicted octanol–water partition coefficient (Wildman–Crippen LogP) is 4.28. The maximum Gasteiger partial charge on any atom is 0.319 e. The molecule has 2 aromatic rings. The minimum absolute atomic E-state index is 0.231. The Hall–Kier alpha value is -2.09. The van der Waals surface area contributed by atoms with Crippen molar-refractivity contribution >= 4 is 23.7 Å². The van der Waals surface area contributed by atoms with Crippen LogP contribution in [0.25, 0.3) is 0 Å². The normalized spacial score (nSPS) is 19.4. The van der Waals surface area contributed by atoms with E-state index in [0.717, 1.165) is 61.6 Å². The number of amides is 2. The summed E-state index contributed by atoms with van der Waals surface area (Å²) in [6, 6.07) is 14.1. The number of hydrogen-bond acceptors (Lipinski definition) is 4. The number of anilines is 1. The Bertz CT molecular complexity index is 856. The average Bonchev–Trinajstić information content (AvgIpc) is 3.49. The Morgan fingerprint density at radius 1 is 1.07 bits per heavy atom. The van der Waals surface area contributed by atoms with E-state index in [-0.39, 0.29) is 17.4 Å². The Morgan fingerprint density at radius 2 is 1.86 bits per heavy atom. The number of nitrogens with zero attached hydrogens (tertiary/aromatic N) is 2. The predicted molar refractivity (Wildman–Crippen MR) is 115 cm³/mol. The number of halogens is 1. The van der Waals surface area contributed by atoms with Gasteiger partial charge in [0.15, 0.2) is 0 Å². The molecule has 0 bridgehead atoms. The third-order valence-corrected chi connectivity index (χ3v) is 6.59. The van der Waals surface area contributed by atoms with E-state index < -0.39 is 0 Å². The third kappa shape index (κ3) is 5.29. The summed E-state index contributed by atoms with van der Waals surface area (Å²) in [5, 5.41) is 6.02. The zero-order valence-corrected chi connectivity index (χ0v) is 17.5. The maximum atomic E-state index is 13.2. The molecule has 0 spiro atoms. The van der Waals surface area contributed by atoms with Gasteiger partial charge in [0.25, 0.3) is 0 Å². The first-order chi connectivity index (χ1) is 14.0. The molecule has 0 unspecified atom stereocenters. The minimum atomic E-state index is -0.373. The van der Waals surface area contributed by atoms with E-state index in [4.69, 9.17) is 0 Å². The number of hydrogen-bond donors (Lipinski definition) is 2. The van der Waals surface area contributed by atoms with Crippen molar-refractivity contribution in [2.75, 3.05) is 38.5 Å². The molecule has 0 atom stereocenters. The molecule has 0 radical (unpaired) electrons. The summed E-state index contributed by atoms with van der Waals surface area (Å²) < 4.78 is 15.6. The number of likely N-dealkylation sites (N-methyl/N-ethyl adjacent to an activating group) is 1. The molecule has 29 heavy (non-hydrogen) atoms. The van der Waals surface area contributed by atoms with E-state index in [1.807, 2.05) is 18.2 Å². The molecular formula is C22H27FN4OS. The first-order valence-electron chi connectivity index (χ1n) is 10.1. The van der Waals surface area contributed by atoms with Crippen LogP contribution in [0.3, 0.4) is 0 Å². The zero-order chi connectivity index (χ0) is 20.3. The summed E-state index contributed by atoms with van der Waals surface area (Å²) in [6.07, 6.45) is 2.89. The van der Waals surface area contributed by atoms with Crippen molar-refractivity contribution in [3.63, 3.8) is 0 Å². The molecule has 2 N–H and O–H groups in total. The molecule has 154 valence electrons. The highest BCUT2D eigenvalue weighted by molar-refractivity contribution is 7.97. The smallest absolute Gasteiger partial charge is 0.319 e. The van der Waals surface area contributed by atoms with Crippen molar-refractivity contribution in [1.82, 2.24) is 14.5 Å². The van der Waals surface area contributed by atoms with E-state index in [0.29, 0.717) is 0 Å². The van der Waals surface area contributed by atoms with Gasteiger partial charge in [-0.15, -0.1) is 0 Å². The van der Waals surface area contributed by atoms with Gasteiger partial charge in [-0.3, -0.25) is 0 Å². The Kier molecular flexibility index (Phi) is 6.08. The van der Waals surface area contributed by atoms with Gasteiger partial charge in [0, 0.05) is 30.2 Å². The standard InChI is InChI=1S/C22H27FN4OS/c1-26-12-3-13-27(15-14-26)29-20-5-2-4-19(16-20)24-21(28)25-22(10-11-22)17-6-8-18(23)9-7-17/h2,4-9,16H,3,10-15H2,1H3,(H2,24,25,28). The Balaban J connectivity index is 1.35. The van der Waals surface area contributed by atoms with Gasteiger partial charge in [0.2, 0.25) is 0 Å². The van der Waals surface area contributed by atoms with Crippen LogP contribution in [0.5, 0.6) is 0 Å². The lowest BCUT2D eigenvalue weighted by molar-refractivity contribution is 0.247. The van der Waals surface area contributed by atoms with Crippen molar-refractivity contribution in [2.24, 2.45) is 0 Å². The molecule has 4 rings (SSSR count). The summed E-state index contributed by atoms with van der Waals surface area (Å²) in [7, 11) is 2.16. The number of rotatable bonds is 5. The quantitative estimate of drug-likeness (QED) is 0.717. The SMILES string of the molecule is CN1CCCN(Sc2cccc(NC(=O)NC3(c4ccc(F)cc4)CC3)c2)CC1. The van der Waals surface area contributed by atoms with Gasteiger partial charge in [0.05, 0.1) is 5.54 Å². The van der Waals surface area contributed by atoms with Crippen LogP contribution in [0.15, 0.2) is 53.4 Å². The number of benzene rings is 2. The van der Waals surface area contributed by atoms with Gasteiger partial charge < -0.3 is 15.5 Å². The molecule has 2 aliphatic rings. The first-order valence-corrected chi connectivity index (χ1v) is 10.9. The van der Waals surface area contributed by atoms with Crippen LogP contribution in [-0.2, 0) is 5.54 Å². The molecule has 1 heterocycles. The molecule has 1 aliphatic heterocycles. The highest BCUT2D eigenvalue weighted by Gasteiger charge is 2.45. The van der Waals surface area contributed by atoms with Crippen LogP contribution in [0.1, 0.15) is 24.8 Å². The van der Waals surface area contributed by atoms with Crippen LogP contribution in [0, 0.1) is 5.82 Å². The van der Waals surface area contributed by atoms with Crippen molar-refractivity contribution in [3.05, 3.63) is 59.9 Å². The molecular weight excluding hydrogens is 387 g/mol. The van der Waals surface area contributed by atoms with Gasteiger partial charge in [-0.2, -0.15) is 0 Å². The van der Waals surface area contributed by atoms with Crippen LogP contribution < -0.4 is 10.6 Å². The summed E-state index contributed by atoms with van der Waals surface area (Å²) >= 11 is 1.74. The van der Waals surface area contributed by atoms with Crippen LogP contribution in [0.2, 0.25) is 0 Å². The summed E-state index contributed by atoms with van der Waals surface area (Å²) in [5.41, 5.74) is 1.35. The topological polar surface area (TPSA) is 47.6 Å². The first kappa shape index (κ1) is 20.2. The number of carbonyl (C=O) groups excluding carboxylic acids is 1. The van der Waals surface area contributed by atoms with E-state index in [1.165, 1.54) is 12.1 Å². The van der Waals surface area contributed by atoms with Crippen molar-refractivity contribution in [1.29, 1.82) is 0 Å². The van der Waals surface area contributed by atoms with Crippen LogP contribution in [-0.4, -0.2) is 48.5 Å². The van der Waals surface area contributed by atoms with Gasteiger partial charge in [-0.05, 0) is 80.7 Å². The molecule has 1 aliphatic carbocycles. The lowest BCUT2D eigenvalue weighted by atomic mass is 10.1. The fourth-order valence-electron chi connectivity index (χ4n) is 3.65. The molecule has 0 aromatic heterocycles. The van der Waals surface area contributed by atoms with E-state index in [9.17, 15) is 9.18 Å². The maximum absolute atomic E-state index is 13.2. The second-order valence-corrected chi connectivity index (χ2v) is 9.04. The fourth-order valence-corrected chi connectivity index (χ4v) is 4.66. The average molecular weight is 415 g/mol. The minimum Gasteiger partial charge on any atom is -0.328 e. The largest absolute Gasteiger partial charge is 0.328 e. The summed E-state index contributed by atoms with van der Waals surface area (Å²) in [5.74, 6) is -0.264.